The number of carbonyl (C=O) groups excluding carboxylic acids is 1. The van der Waals surface area contributed by atoms with Gasteiger partial charge in [-0.25, -0.2) is 22.3 Å². The molecule has 0 saturated heterocycles. The van der Waals surface area contributed by atoms with Crippen molar-refractivity contribution in [1.82, 2.24) is 0 Å². The molecule has 0 aliphatic carbocycles. The van der Waals surface area contributed by atoms with Crippen molar-refractivity contribution in [1.29, 1.82) is 0 Å². The van der Waals surface area contributed by atoms with Crippen molar-refractivity contribution < 1.29 is 26.7 Å². The summed E-state index contributed by atoms with van der Waals surface area (Å²) in [5.41, 5.74) is -1.35. The number of hydrogen-bond acceptors (Lipinski definition) is 4. The molecule has 9 heteroatoms. The van der Waals surface area contributed by atoms with E-state index in [9.17, 15) is 22.0 Å². The van der Waals surface area contributed by atoms with Crippen molar-refractivity contribution in [3.8, 4) is 0 Å². The summed E-state index contributed by atoms with van der Waals surface area (Å²) in [6.07, 6.45) is 0. The van der Waals surface area contributed by atoms with E-state index < -0.39 is 50.4 Å². The van der Waals surface area contributed by atoms with E-state index in [1.54, 1.807) is 20.8 Å². The minimum Gasteiger partial charge on any atom is -0.366 e. The minimum absolute atomic E-state index is 0.403. The van der Waals surface area contributed by atoms with Crippen LogP contribution in [0.4, 0.5) is 14.5 Å². The maximum atomic E-state index is 13.7. The Balaban J connectivity index is 2.93. The smallest absolute Gasteiger partial charge is 0.250 e. The highest BCUT2D eigenvalue weighted by molar-refractivity contribution is 7.89. The van der Waals surface area contributed by atoms with Crippen LogP contribution in [0.25, 0.3) is 0 Å². The monoisotopic (exact) mass is 322 g/mol. The van der Waals surface area contributed by atoms with Gasteiger partial charge in [-0.2, -0.15) is 0 Å². The molecule has 0 atom stereocenters. The van der Waals surface area contributed by atoms with E-state index in [-0.39, 0.29) is 0 Å². The molecule has 0 heterocycles. The molecule has 0 spiro atoms. The van der Waals surface area contributed by atoms with Crippen molar-refractivity contribution in [3.05, 3.63) is 23.8 Å². The largest absolute Gasteiger partial charge is 0.366 e. The molecule has 0 saturated carbocycles. The van der Waals surface area contributed by atoms with E-state index in [1.165, 1.54) is 0 Å². The third-order valence-corrected chi connectivity index (χ3v) is 3.14. The second-order valence-corrected chi connectivity index (χ2v) is 6.82. The standard InChI is InChI=1S/C12H16F2N2O4S/c1-12(2,3)20-6-10(17)16-11-8(13)4-7(5-9(11)14)21(15,18)19/h4-5H,6H2,1-3H3,(H,16,17)(H2,15,18,19). The van der Waals surface area contributed by atoms with Gasteiger partial charge in [-0.05, 0) is 32.9 Å². The third kappa shape index (κ3) is 5.37. The predicted octanol–water partition coefficient (Wildman–Crippen LogP) is 1.37. The van der Waals surface area contributed by atoms with Gasteiger partial charge in [-0.1, -0.05) is 0 Å². The number of primary sulfonamides is 1. The Labute approximate surface area is 121 Å². The molecule has 1 aromatic carbocycles. The first-order chi connectivity index (χ1) is 9.40. The molecule has 0 aromatic heterocycles. The lowest BCUT2D eigenvalue weighted by Crippen LogP contribution is -2.27. The lowest BCUT2D eigenvalue weighted by atomic mass is 10.2. The lowest BCUT2D eigenvalue weighted by Gasteiger charge is -2.19. The highest BCUT2D eigenvalue weighted by Gasteiger charge is 2.19. The van der Waals surface area contributed by atoms with Gasteiger partial charge in [-0.15, -0.1) is 0 Å². The van der Waals surface area contributed by atoms with Crippen LogP contribution < -0.4 is 10.5 Å². The number of anilines is 1. The molecule has 0 fully saturated rings. The molecule has 0 radical (unpaired) electrons. The number of ether oxygens (including phenoxy) is 1. The fourth-order valence-electron chi connectivity index (χ4n) is 1.29. The maximum Gasteiger partial charge on any atom is 0.250 e. The molecule has 1 aromatic rings. The number of nitrogens with two attached hydrogens (primary N) is 1. The molecule has 1 amide bonds. The highest BCUT2D eigenvalue weighted by Crippen LogP contribution is 2.22. The molecule has 21 heavy (non-hydrogen) atoms. The maximum absolute atomic E-state index is 13.7. The number of nitrogens with one attached hydrogen (secondary N) is 1. The van der Waals surface area contributed by atoms with Crippen molar-refractivity contribution in [2.24, 2.45) is 5.14 Å². The number of halogens is 2. The molecule has 3 N–H and O–H groups in total. The van der Waals surface area contributed by atoms with Crippen molar-refractivity contribution in [3.63, 3.8) is 0 Å². The molecule has 0 aliphatic heterocycles. The number of hydrogen-bond donors (Lipinski definition) is 2. The quantitative estimate of drug-likeness (QED) is 0.874. The van der Waals surface area contributed by atoms with Gasteiger partial charge in [0, 0.05) is 0 Å². The summed E-state index contributed by atoms with van der Waals surface area (Å²) in [5.74, 6) is -3.27. The number of amides is 1. The van der Waals surface area contributed by atoms with E-state index in [1.807, 2.05) is 5.32 Å². The van der Waals surface area contributed by atoms with Crippen LogP contribution in [0.1, 0.15) is 20.8 Å². The molecule has 0 aliphatic rings. The Hall–Kier alpha value is -1.58. The van der Waals surface area contributed by atoms with Crippen LogP contribution in [0, 0.1) is 11.6 Å². The van der Waals surface area contributed by atoms with Crippen LogP contribution in [0.15, 0.2) is 17.0 Å². The molecular weight excluding hydrogens is 306 g/mol. The Morgan fingerprint density at radius 1 is 1.29 bits per heavy atom. The van der Waals surface area contributed by atoms with Gasteiger partial charge in [0.1, 0.15) is 12.3 Å². The minimum atomic E-state index is -4.24. The zero-order chi connectivity index (χ0) is 16.4. The van der Waals surface area contributed by atoms with E-state index >= 15 is 0 Å². The van der Waals surface area contributed by atoms with Crippen LogP contribution in [0.2, 0.25) is 0 Å². The van der Waals surface area contributed by atoms with Crippen LogP contribution in [0.3, 0.4) is 0 Å². The normalized spacial score (nSPS) is 12.3. The van der Waals surface area contributed by atoms with Crippen molar-refractivity contribution >= 4 is 21.6 Å². The van der Waals surface area contributed by atoms with Gasteiger partial charge in [-0.3, -0.25) is 4.79 Å². The van der Waals surface area contributed by atoms with E-state index in [0.717, 1.165) is 0 Å². The first kappa shape index (κ1) is 17.5. The lowest BCUT2D eigenvalue weighted by molar-refractivity contribution is -0.125. The average molecular weight is 322 g/mol. The van der Waals surface area contributed by atoms with Crippen LogP contribution in [0.5, 0.6) is 0 Å². The Morgan fingerprint density at radius 3 is 2.14 bits per heavy atom. The zero-order valence-corrected chi connectivity index (χ0v) is 12.6. The van der Waals surface area contributed by atoms with Crippen LogP contribution >= 0.6 is 0 Å². The van der Waals surface area contributed by atoms with E-state index in [0.29, 0.717) is 12.1 Å². The van der Waals surface area contributed by atoms with Gasteiger partial charge in [0.2, 0.25) is 10.0 Å². The number of carbonyl (C=O) groups is 1. The number of sulfonamides is 1. The summed E-state index contributed by atoms with van der Waals surface area (Å²) in [6, 6.07) is 1.05. The molecular formula is C12H16F2N2O4S. The Kier molecular flexibility index (Phi) is 5.03. The summed E-state index contributed by atoms with van der Waals surface area (Å²) < 4.78 is 54.5. The summed E-state index contributed by atoms with van der Waals surface area (Å²) in [5, 5.41) is 6.75. The van der Waals surface area contributed by atoms with E-state index in [4.69, 9.17) is 9.88 Å². The van der Waals surface area contributed by atoms with Gasteiger partial charge in [0.15, 0.2) is 11.6 Å². The average Bonchev–Trinajstić information content (AvgIpc) is 2.29. The third-order valence-electron chi connectivity index (χ3n) is 2.24. The van der Waals surface area contributed by atoms with Crippen molar-refractivity contribution in [2.45, 2.75) is 31.3 Å². The first-order valence-electron chi connectivity index (χ1n) is 5.86. The molecule has 0 unspecified atom stereocenters. The fraction of sp³-hybridized carbons (Fsp3) is 0.417. The fourth-order valence-corrected chi connectivity index (χ4v) is 1.83. The SMILES string of the molecule is CC(C)(C)OCC(=O)Nc1c(F)cc(S(N)(=O)=O)cc1F. The first-order valence-corrected chi connectivity index (χ1v) is 7.40. The highest BCUT2D eigenvalue weighted by atomic mass is 32.2. The zero-order valence-electron chi connectivity index (χ0n) is 11.7. The summed E-state index contributed by atoms with van der Waals surface area (Å²) in [7, 11) is -4.24. The Bertz CT molecular complexity index is 631. The van der Waals surface area contributed by atoms with Crippen molar-refractivity contribution in [2.75, 3.05) is 11.9 Å². The molecule has 0 bridgehead atoms. The van der Waals surface area contributed by atoms with Crippen LogP contribution in [-0.2, 0) is 19.6 Å². The number of rotatable bonds is 4. The summed E-state index contributed by atoms with van der Waals surface area (Å²) in [6.45, 7) is 4.73. The number of benzene rings is 1. The van der Waals surface area contributed by atoms with Gasteiger partial charge in [0.25, 0.3) is 5.91 Å². The molecule has 6 nitrogen and oxygen atoms in total. The summed E-state index contributed by atoms with van der Waals surface area (Å²) >= 11 is 0. The predicted molar refractivity (Wildman–Crippen MR) is 72.1 cm³/mol. The second kappa shape index (κ2) is 6.04. The van der Waals surface area contributed by atoms with Gasteiger partial charge >= 0.3 is 0 Å². The summed E-state index contributed by atoms with van der Waals surface area (Å²) in [4.78, 5) is 10.8. The molecule has 1 rings (SSSR count). The van der Waals surface area contributed by atoms with Crippen LogP contribution in [-0.4, -0.2) is 26.5 Å². The van der Waals surface area contributed by atoms with Gasteiger partial charge < -0.3 is 10.1 Å². The Morgan fingerprint density at radius 2 is 1.76 bits per heavy atom. The second-order valence-electron chi connectivity index (χ2n) is 5.26. The topological polar surface area (TPSA) is 98.5 Å². The van der Waals surface area contributed by atoms with Gasteiger partial charge in [0.05, 0.1) is 10.5 Å². The molecule has 118 valence electrons. The van der Waals surface area contributed by atoms with E-state index in [2.05, 4.69) is 0 Å².